The number of anilines is 2. The molecule has 0 saturated carbocycles. The normalized spacial score (nSPS) is 21.6. The van der Waals surface area contributed by atoms with Crippen molar-refractivity contribution >= 4 is 44.0 Å². The van der Waals surface area contributed by atoms with Crippen LogP contribution in [0.5, 0.6) is 0 Å². The molecular formula is C21H21F2N3O3S2. The van der Waals surface area contributed by atoms with Crippen LogP contribution < -0.4 is 10.2 Å². The van der Waals surface area contributed by atoms with Crippen molar-refractivity contribution in [2.75, 3.05) is 27.5 Å². The molecule has 0 radical (unpaired) electrons. The Labute approximate surface area is 183 Å². The molecule has 2 aromatic carbocycles. The number of thioether (sulfide) groups is 1. The standard InChI is InChI=1S/C21H21F2N3O3S2/c1-2-13-5-3-4-6-16(13)24-20(27)10-30-21-25-17-11-31(28,29)12-19(17)26(21)18-8-7-14(22)9-15(18)23/h3-9,17,19H,2,10-12H2,1H3,(H,24,27)/t17-,19-/m1/s1. The molecule has 0 unspecified atom stereocenters. The van der Waals surface area contributed by atoms with E-state index >= 15 is 0 Å². The fourth-order valence-corrected chi connectivity index (χ4v) is 6.62. The van der Waals surface area contributed by atoms with Gasteiger partial charge < -0.3 is 10.2 Å². The molecule has 2 aliphatic rings. The van der Waals surface area contributed by atoms with Crippen molar-refractivity contribution in [2.45, 2.75) is 25.4 Å². The molecular weight excluding hydrogens is 444 g/mol. The number of aryl methyl sites for hydroxylation is 1. The number of rotatable bonds is 5. The number of carbonyl (C=O) groups excluding carboxylic acids is 1. The summed E-state index contributed by atoms with van der Waals surface area (Å²) in [5, 5.41) is 3.23. The lowest BCUT2D eigenvalue weighted by molar-refractivity contribution is -0.113. The Balaban J connectivity index is 1.53. The summed E-state index contributed by atoms with van der Waals surface area (Å²) in [7, 11) is -3.30. The summed E-state index contributed by atoms with van der Waals surface area (Å²) in [6, 6.07) is 9.52. The summed E-state index contributed by atoms with van der Waals surface area (Å²) < 4.78 is 52.1. The summed E-state index contributed by atoms with van der Waals surface area (Å²) in [5.74, 6) is -2.06. The number of nitrogens with zero attached hydrogens (tertiary/aromatic N) is 2. The largest absolute Gasteiger partial charge is 0.325 e. The lowest BCUT2D eigenvalue weighted by Gasteiger charge is -2.26. The maximum Gasteiger partial charge on any atom is 0.234 e. The van der Waals surface area contributed by atoms with E-state index in [0.29, 0.717) is 5.17 Å². The van der Waals surface area contributed by atoms with E-state index in [4.69, 9.17) is 0 Å². The highest BCUT2D eigenvalue weighted by Gasteiger charge is 2.47. The van der Waals surface area contributed by atoms with Crippen LogP contribution in [0.2, 0.25) is 0 Å². The van der Waals surface area contributed by atoms with Gasteiger partial charge in [-0.25, -0.2) is 17.2 Å². The maximum atomic E-state index is 14.5. The van der Waals surface area contributed by atoms with E-state index in [2.05, 4.69) is 10.3 Å². The first-order valence-corrected chi connectivity index (χ1v) is 12.6. The van der Waals surface area contributed by atoms with Gasteiger partial charge in [0.25, 0.3) is 0 Å². The van der Waals surface area contributed by atoms with Crippen molar-refractivity contribution in [2.24, 2.45) is 4.99 Å². The van der Waals surface area contributed by atoms with Crippen LogP contribution in [-0.2, 0) is 21.1 Å². The average molecular weight is 466 g/mol. The monoisotopic (exact) mass is 465 g/mol. The first-order chi connectivity index (χ1) is 14.8. The molecule has 0 aromatic heterocycles. The number of sulfone groups is 1. The topological polar surface area (TPSA) is 78.8 Å². The summed E-state index contributed by atoms with van der Waals surface area (Å²) in [6.45, 7) is 1.99. The van der Waals surface area contributed by atoms with Crippen LogP contribution in [0.1, 0.15) is 12.5 Å². The molecule has 2 aromatic rings. The summed E-state index contributed by atoms with van der Waals surface area (Å²) >= 11 is 1.11. The summed E-state index contributed by atoms with van der Waals surface area (Å²) in [5.41, 5.74) is 1.79. The predicted octanol–water partition coefficient (Wildman–Crippen LogP) is 3.24. The highest BCUT2D eigenvalue weighted by atomic mass is 32.2. The predicted molar refractivity (Wildman–Crippen MR) is 119 cm³/mol. The van der Waals surface area contributed by atoms with Crippen molar-refractivity contribution in [1.82, 2.24) is 0 Å². The number of hydrogen-bond donors (Lipinski definition) is 1. The molecule has 164 valence electrons. The molecule has 0 bridgehead atoms. The molecule has 1 saturated heterocycles. The van der Waals surface area contributed by atoms with Gasteiger partial charge in [-0.15, -0.1) is 0 Å². The lowest BCUT2D eigenvalue weighted by atomic mass is 10.1. The molecule has 2 aliphatic heterocycles. The minimum Gasteiger partial charge on any atom is -0.325 e. The quantitative estimate of drug-likeness (QED) is 0.734. The van der Waals surface area contributed by atoms with Gasteiger partial charge in [-0.1, -0.05) is 36.9 Å². The van der Waals surface area contributed by atoms with Gasteiger partial charge >= 0.3 is 0 Å². The minimum absolute atomic E-state index is 0.0163. The highest BCUT2D eigenvalue weighted by molar-refractivity contribution is 8.14. The van der Waals surface area contributed by atoms with E-state index in [1.807, 2.05) is 31.2 Å². The number of fused-ring (bicyclic) bond motifs is 1. The molecule has 10 heteroatoms. The zero-order chi connectivity index (χ0) is 22.2. The number of halogens is 2. The van der Waals surface area contributed by atoms with E-state index in [1.165, 1.54) is 11.0 Å². The molecule has 1 N–H and O–H groups in total. The van der Waals surface area contributed by atoms with Crippen LogP contribution in [0.4, 0.5) is 20.2 Å². The van der Waals surface area contributed by atoms with Crippen LogP contribution in [0.25, 0.3) is 0 Å². The van der Waals surface area contributed by atoms with Crippen molar-refractivity contribution in [3.05, 3.63) is 59.7 Å². The summed E-state index contributed by atoms with van der Waals surface area (Å²) in [4.78, 5) is 18.5. The Bertz CT molecular complexity index is 1150. The van der Waals surface area contributed by atoms with Crippen LogP contribution in [-0.4, -0.2) is 48.8 Å². The zero-order valence-electron chi connectivity index (χ0n) is 16.7. The Kier molecular flexibility index (Phi) is 6.02. The maximum absolute atomic E-state index is 14.5. The third-order valence-electron chi connectivity index (χ3n) is 5.28. The van der Waals surface area contributed by atoms with Crippen LogP contribution >= 0.6 is 11.8 Å². The molecule has 4 rings (SSSR count). The van der Waals surface area contributed by atoms with E-state index in [1.54, 1.807) is 0 Å². The first-order valence-electron chi connectivity index (χ1n) is 9.80. The van der Waals surface area contributed by atoms with Crippen LogP contribution in [0.3, 0.4) is 0 Å². The third kappa shape index (κ3) is 4.59. The molecule has 2 heterocycles. The van der Waals surface area contributed by atoms with Gasteiger partial charge in [0.1, 0.15) is 11.6 Å². The minimum atomic E-state index is -3.30. The second-order valence-corrected chi connectivity index (χ2v) is 10.5. The number of hydrogen-bond acceptors (Lipinski definition) is 6. The number of amidine groups is 1. The highest BCUT2D eigenvalue weighted by Crippen LogP contribution is 2.36. The van der Waals surface area contributed by atoms with Crippen molar-refractivity contribution in [1.29, 1.82) is 0 Å². The van der Waals surface area contributed by atoms with Crippen LogP contribution in [0, 0.1) is 11.6 Å². The van der Waals surface area contributed by atoms with E-state index in [9.17, 15) is 22.0 Å². The molecule has 31 heavy (non-hydrogen) atoms. The van der Waals surface area contributed by atoms with E-state index < -0.39 is 33.6 Å². The molecule has 0 spiro atoms. The van der Waals surface area contributed by atoms with Gasteiger partial charge in [-0.3, -0.25) is 9.79 Å². The van der Waals surface area contributed by atoms with Gasteiger partial charge in [0.15, 0.2) is 15.0 Å². The van der Waals surface area contributed by atoms with Crippen molar-refractivity contribution in [3.8, 4) is 0 Å². The molecule has 0 aliphatic carbocycles. The van der Waals surface area contributed by atoms with Crippen molar-refractivity contribution < 1.29 is 22.0 Å². The smallest absolute Gasteiger partial charge is 0.234 e. The second kappa shape index (κ2) is 8.58. The molecule has 2 atom stereocenters. The fourth-order valence-electron chi connectivity index (χ4n) is 3.86. The Morgan fingerprint density at radius 3 is 2.74 bits per heavy atom. The molecule has 1 fully saturated rings. The third-order valence-corrected chi connectivity index (χ3v) is 7.95. The molecule has 6 nitrogen and oxygen atoms in total. The fraction of sp³-hybridized carbons (Fsp3) is 0.333. The van der Waals surface area contributed by atoms with Crippen LogP contribution in [0.15, 0.2) is 47.5 Å². The number of nitrogens with one attached hydrogen (secondary N) is 1. The number of para-hydroxylation sites is 1. The zero-order valence-corrected chi connectivity index (χ0v) is 18.3. The number of amides is 1. The first kappa shape index (κ1) is 21.8. The molecule has 1 amide bonds. The van der Waals surface area contributed by atoms with E-state index in [0.717, 1.165) is 41.6 Å². The second-order valence-electron chi connectivity index (χ2n) is 7.44. The number of benzene rings is 2. The van der Waals surface area contributed by atoms with Gasteiger partial charge in [-0.05, 0) is 30.2 Å². The Morgan fingerprint density at radius 1 is 1.23 bits per heavy atom. The number of aliphatic imine (C=N–C) groups is 1. The van der Waals surface area contributed by atoms with Gasteiger partial charge in [-0.2, -0.15) is 0 Å². The Morgan fingerprint density at radius 2 is 2.00 bits per heavy atom. The van der Waals surface area contributed by atoms with E-state index in [-0.39, 0.29) is 28.9 Å². The summed E-state index contributed by atoms with van der Waals surface area (Å²) in [6.07, 6.45) is 0.770. The van der Waals surface area contributed by atoms with Crippen molar-refractivity contribution in [3.63, 3.8) is 0 Å². The Hall–Kier alpha value is -2.46. The van der Waals surface area contributed by atoms with Gasteiger partial charge in [0, 0.05) is 11.8 Å². The van der Waals surface area contributed by atoms with Gasteiger partial charge in [0.05, 0.1) is 35.0 Å². The lowest BCUT2D eigenvalue weighted by Crippen LogP contribution is -2.40. The van der Waals surface area contributed by atoms with Gasteiger partial charge in [0.2, 0.25) is 5.91 Å². The average Bonchev–Trinajstić information content (AvgIpc) is 3.18. The SMILES string of the molecule is CCc1ccccc1NC(=O)CSC1=N[C@@H]2CS(=O)(=O)C[C@H]2N1c1ccc(F)cc1F. The number of carbonyl (C=O) groups is 1.